The molecule has 1 aromatic rings. The molecule has 3 rings (SSSR count). The number of piperidine rings is 1. The van der Waals surface area contributed by atoms with Gasteiger partial charge in [0.25, 0.3) is 0 Å². The fourth-order valence-corrected chi connectivity index (χ4v) is 5.97. The summed E-state index contributed by atoms with van der Waals surface area (Å²) in [4.78, 5) is 29.9. The lowest BCUT2D eigenvalue weighted by molar-refractivity contribution is -0.139. The number of benzene rings is 1. The van der Waals surface area contributed by atoms with Crippen molar-refractivity contribution in [1.82, 2.24) is 15.5 Å². The third-order valence-electron chi connectivity index (χ3n) is 8.13. The standard InChI is InChI=1S/C32H53N3O4/c1-6-39-28-12-10-26(11-13-28)22-35-17-15-32(16-18-35)14-8-7-9-19-38-23-27(20-24(2)3)33-30(36)29(21-25(4)5)34-31(32)37/h10-13,24-25,27,29H,6-9,14-23H2,1-5H3,(H,33,36)(H,34,37)/t27-,29-/m0/s1. The van der Waals surface area contributed by atoms with Crippen LogP contribution in [0.4, 0.5) is 0 Å². The van der Waals surface area contributed by atoms with Crippen LogP contribution in [0.3, 0.4) is 0 Å². The number of carbonyl (C=O) groups is 2. The van der Waals surface area contributed by atoms with Crippen molar-refractivity contribution in [2.45, 2.75) is 105 Å². The van der Waals surface area contributed by atoms with Crippen molar-refractivity contribution < 1.29 is 19.1 Å². The predicted octanol–water partition coefficient (Wildman–Crippen LogP) is 5.32. The molecule has 0 unspecified atom stereocenters. The Morgan fingerprint density at radius 3 is 2.28 bits per heavy atom. The lowest BCUT2D eigenvalue weighted by atomic mass is 9.73. The Kier molecular flexibility index (Phi) is 12.6. The Balaban J connectivity index is 1.70. The van der Waals surface area contributed by atoms with Gasteiger partial charge >= 0.3 is 0 Å². The van der Waals surface area contributed by atoms with E-state index < -0.39 is 11.5 Å². The van der Waals surface area contributed by atoms with E-state index in [9.17, 15) is 9.59 Å². The Labute approximate surface area is 236 Å². The van der Waals surface area contributed by atoms with Gasteiger partial charge in [-0.3, -0.25) is 14.5 Å². The second-order valence-electron chi connectivity index (χ2n) is 12.5. The van der Waals surface area contributed by atoms with Crippen molar-refractivity contribution in [3.63, 3.8) is 0 Å². The highest BCUT2D eigenvalue weighted by Crippen LogP contribution is 2.38. The number of rotatable bonds is 8. The van der Waals surface area contributed by atoms with E-state index >= 15 is 0 Å². The van der Waals surface area contributed by atoms with Crippen LogP contribution in [0.15, 0.2) is 24.3 Å². The minimum Gasteiger partial charge on any atom is -0.494 e. The Bertz CT molecular complexity index is 878. The lowest BCUT2D eigenvalue weighted by Gasteiger charge is -2.42. The number of nitrogens with one attached hydrogen (secondary N) is 2. The van der Waals surface area contributed by atoms with E-state index in [0.717, 1.165) is 70.3 Å². The maximum Gasteiger partial charge on any atom is 0.242 e. The zero-order valence-electron chi connectivity index (χ0n) is 25.1. The molecule has 0 radical (unpaired) electrons. The van der Waals surface area contributed by atoms with Gasteiger partial charge in [0.1, 0.15) is 11.8 Å². The topological polar surface area (TPSA) is 79.9 Å². The van der Waals surface area contributed by atoms with Gasteiger partial charge in [-0.05, 0) is 88.1 Å². The first-order valence-corrected chi connectivity index (χ1v) is 15.3. The number of ether oxygens (including phenoxy) is 2. The maximum atomic E-state index is 14.0. The monoisotopic (exact) mass is 543 g/mol. The molecule has 2 amide bonds. The van der Waals surface area contributed by atoms with Gasteiger partial charge in [-0.1, -0.05) is 52.7 Å². The molecule has 7 nitrogen and oxygen atoms in total. The molecule has 0 saturated carbocycles. The van der Waals surface area contributed by atoms with E-state index in [-0.39, 0.29) is 17.9 Å². The Morgan fingerprint density at radius 1 is 0.949 bits per heavy atom. The van der Waals surface area contributed by atoms with Gasteiger partial charge < -0.3 is 20.1 Å². The molecular formula is C32H53N3O4. The molecule has 0 aromatic heterocycles. The van der Waals surface area contributed by atoms with Crippen LogP contribution in [0.1, 0.15) is 91.5 Å². The second-order valence-corrected chi connectivity index (χ2v) is 12.5. The highest BCUT2D eigenvalue weighted by molar-refractivity contribution is 5.90. The normalized spacial score (nSPS) is 23.9. The Hall–Kier alpha value is -2.12. The van der Waals surface area contributed by atoms with Gasteiger partial charge in [-0.15, -0.1) is 0 Å². The highest BCUT2D eigenvalue weighted by Gasteiger charge is 2.42. The number of hydrogen-bond donors (Lipinski definition) is 2. The molecule has 1 aromatic carbocycles. The van der Waals surface area contributed by atoms with Crippen molar-refractivity contribution in [2.75, 3.05) is 32.9 Å². The molecular weight excluding hydrogens is 490 g/mol. The minimum atomic E-state index is -0.520. The van der Waals surface area contributed by atoms with Crippen LogP contribution in [0, 0.1) is 17.3 Å². The van der Waals surface area contributed by atoms with Crippen molar-refractivity contribution in [2.24, 2.45) is 17.3 Å². The van der Waals surface area contributed by atoms with E-state index in [1.165, 1.54) is 5.56 Å². The summed E-state index contributed by atoms with van der Waals surface area (Å²) < 4.78 is 11.6. The van der Waals surface area contributed by atoms with Crippen molar-refractivity contribution in [3.8, 4) is 5.75 Å². The molecule has 2 aliphatic heterocycles. The molecule has 39 heavy (non-hydrogen) atoms. The van der Waals surface area contributed by atoms with Crippen LogP contribution in [-0.2, 0) is 20.9 Å². The number of carbonyl (C=O) groups excluding carboxylic acids is 2. The minimum absolute atomic E-state index is 0.0354. The SMILES string of the molecule is CCOc1ccc(CN2CCC3(CCCCCOC[C@H](CC(C)C)NC(=O)[C@H](CC(C)C)NC3=O)CC2)cc1. The van der Waals surface area contributed by atoms with Crippen LogP contribution in [0.5, 0.6) is 5.75 Å². The van der Waals surface area contributed by atoms with Crippen molar-refractivity contribution in [3.05, 3.63) is 29.8 Å². The van der Waals surface area contributed by atoms with Crippen LogP contribution in [-0.4, -0.2) is 61.7 Å². The van der Waals surface area contributed by atoms with Crippen LogP contribution < -0.4 is 15.4 Å². The average Bonchev–Trinajstić information content (AvgIpc) is 2.89. The van der Waals surface area contributed by atoms with Crippen molar-refractivity contribution >= 4 is 11.8 Å². The molecule has 7 heteroatoms. The third kappa shape index (κ3) is 10.1. The fourth-order valence-electron chi connectivity index (χ4n) is 5.97. The first kappa shape index (κ1) is 31.4. The van der Waals surface area contributed by atoms with Crippen LogP contribution in [0.25, 0.3) is 0 Å². The van der Waals surface area contributed by atoms with Gasteiger partial charge in [0, 0.05) is 13.2 Å². The van der Waals surface area contributed by atoms with Gasteiger partial charge in [0.2, 0.25) is 11.8 Å². The molecule has 2 fully saturated rings. The van der Waals surface area contributed by atoms with E-state index in [4.69, 9.17) is 9.47 Å². The number of likely N-dealkylation sites (tertiary alicyclic amines) is 1. The summed E-state index contributed by atoms with van der Waals surface area (Å²) in [7, 11) is 0. The molecule has 2 heterocycles. The van der Waals surface area contributed by atoms with Gasteiger partial charge in [-0.25, -0.2) is 0 Å². The first-order valence-electron chi connectivity index (χ1n) is 15.3. The number of hydrogen-bond acceptors (Lipinski definition) is 5. The molecule has 2 aliphatic rings. The summed E-state index contributed by atoms with van der Waals surface area (Å²) in [5, 5.41) is 6.46. The fraction of sp³-hybridized carbons (Fsp3) is 0.750. The van der Waals surface area contributed by atoms with Gasteiger partial charge in [0.05, 0.1) is 24.7 Å². The molecule has 0 aliphatic carbocycles. The van der Waals surface area contributed by atoms with E-state index in [2.05, 4.69) is 55.4 Å². The maximum absolute atomic E-state index is 14.0. The van der Waals surface area contributed by atoms with Crippen LogP contribution >= 0.6 is 0 Å². The number of nitrogens with zero attached hydrogens (tertiary/aromatic N) is 1. The van der Waals surface area contributed by atoms with Gasteiger partial charge in [-0.2, -0.15) is 0 Å². The summed E-state index contributed by atoms with van der Waals surface area (Å²) in [6, 6.07) is 7.77. The van der Waals surface area contributed by atoms with E-state index in [1.54, 1.807) is 0 Å². The first-order chi connectivity index (χ1) is 18.7. The lowest BCUT2D eigenvalue weighted by Crippen LogP contribution is -2.56. The highest BCUT2D eigenvalue weighted by atomic mass is 16.5. The molecule has 2 N–H and O–H groups in total. The summed E-state index contributed by atoms with van der Waals surface area (Å²) in [6.45, 7) is 15.1. The molecule has 0 bridgehead atoms. The average molecular weight is 544 g/mol. The number of amides is 2. The predicted molar refractivity (Wildman–Crippen MR) is 157 cm³/mol. The Morgan fingerprint density at radius 2 is 1.64 bits per heavy atom. The zero-order valence-corrected chi connectivity index (χ0v) is 25.1. The summed E-state index contributed by atoms with van der Waals surface area (Å²) in [5.74, 6) is 1.64. The molecule has 220 valence electrons. The second kappa shape index (κ2) is 15.6. The zero-order chi connectivity index (χ0) is 28.3. The summed E-state index contributed by atoms with van der Waals surface area (Å²) in [6.07, 6.45) is 7.04. The smallest absolute Gasteiger partial charge is 0.242 e. The summed E-state index contributed by atoms with van der Waals surface area (Å²) in [5.41, 5.74) is 0.835. The van der Waals surface area contributed by atoms with E-state index in [1.807, 2.05) is 19.1 Å². The third-order valence-corrected chi connectivity index (χ3v) is 8.13. The molecule has 2 saturated heterocycles. The summed E-state index contributed by atoms with van der Waals surface area (Å²) >= 11 is 0. The molecule has 1 spiro atoms. The quantitative estimate of drug-likeness (QED) is 0.464. The largest absolute Gasteiger partial charge is 0.494 e. The van der Waals surface area contributed by atoms with Crippen LogP contribution in [0.2, 0.25) is 0 Å². The van der Waals surface area contributed by atoms with Gasteiger partial charge in [0.15, 0.2) is 0 Å². The van der Waals surface area contributed by atoms with Crippen molar-refractivity contribution in [1.29, 1.82) is 0 Å². The molecule has 2 atom stereocenters. The van der Waals surface area contributed by atoms with E-state index in [0.29, 0.717) is 38.1 Å².